The van der Waals surface area contributed by atoms with Gasteiger partial charge >= 0.3 is 0 Å². The van der Waals surface area contributed by atoms with Gasteiger partial charge in [0.15, 0.2) is 5.84 Å². The van der Waals surface area contributed by atoms with E-state index in [1.807, 2.05) is 24.0 Å². The fourth-order valence-electron chi connectivity index (χ4n) is 3.26. The fraction of sp³-hybridized carbons (Fsp3) is 0.529. The Balaban J connectivity index is 1.64. The molecule has 2 atom stereocenters. The van der Waals surface area contributed by atoms with Crippen molar-refractivity contribution in [3.05, 3.63) is 23.8 Å². The summed E-state index contributed by atoms with van der Waals surface area (Å²) in [5, 5.41) is 0. The number of hydrogen-bond donors (Lipinski definition) is 2. The highest BCUT2D eigenvalue weighted by molar-refractivity contribution is 7.91. The summed E-state index contributed by atoms with van der Waals surface area (Å²) in [6.07, 6.45) is 3.52. The molecule has 3 rings (SSSR count). The van der Waals surface area contributed by atoms with Crippen LogP contribution in [-0.2, 0) is 16.3 Å². The lowest BCUT2D eigenvalue weighted by atomic mass is 9.98. The van der Waals surface area contributed by atoms with Crippen molar-refractivity contribution in [1.29, 1.82) is 0 Å². The van der Waals surface area contributed by atoms with Gasteiger partial charge in [-0.1, -0.05) is 13.0 Å². The normalized spacial score (nSPS) is 22.6. The number of fused-ring (bicyclic) bond motifs is 1. The van der Waals surface area contributed by atoms with Gasteiger partial charge in [-0.05, 0) is 35.8 Å². The number of hydrogen-bond acceptors (Lipinski definition) is 6. The van der Waals surface area contributed by atoms with Gasteiger partial charge in [0.1, 0.15) is 5.75 Å². The summed E-state index contributed by atoms with van der Waals surface area (Å²) in [6.45, 7) is 4.11. The predicted molar refractivity (Wildman–Crippen MR) is 98.6 cm³/mol. The van der Waals surface area contributed by atoms with Crippen molar-refractivity contribution in [2.45, 2.75) is 32.6 Å². The standard InChI is InChI=1S/C17H24N4O3S/c1-2-5-15(22)21-9-4-6-12(10-21)11-24-14-8-3-7-13-16(14)17(18)20-25(23)19-13/h3,7-8,12,19H,2,4-6,9-11H2,1H3,(H2,18,20). The summed E-state index contributed by atoms with van der Waals surface area (Å²) >= 11 is -1.55. The third kappa shape index (κ3) is 4.19. The van der Waals surface area contributed by atoms with Gasteiger partial charge in [0.25, 0.3) is 0 Å². The molecule has 8 heteroatoms. The van der Waals surface area contributed by atoms with E-state index in [0.29, 0.717) is 35.9 Å². The van der Waals surface area contributed by atoms with Crippen LogP contribution in [0.2, 0.25) is 0 Å². The molecule has 0 aromatic heterocycles. The molecular formula is C17H24N4O3S. The molecule has 0 bridgehead atoms. The number of anilines is 1. The number of carbonyl (C=O) groups is 1. The lowest BCUT2D eigenvalue weighted by Crippen LogP contribution is -2.41. The first-order chi connectivity index (χ1) is 12.1. The zero-order valence-corrected chi connectivity index (χ0v) is 15.2. The van der Waals surface area contributed by atoms with Crippen LogP contribution in [0.5, 0.6) is 5.75 Å². The number of amidine groups is 1. The van der Waals surface area contributed by atoms with Crippen molar-refractivity contribution in [1.82, 2.24) is 4.90 Å². The molecule has 0 saturated carbocycles. The second-order valence-electron chi connectivity index (χ2n) is 6.42. The van der Waals surface area contributed by atoms with Crippen LogP contribution in [0.25, 0.3) is 0 Å². The highest BCUT2D eigenvalue weighted by Crippen LogP contribution is 2.31. The molecule has 2 unspecified atom stereocenters. The Morgan fingerprint density at radius 1 is 1.56 bits per heavy atom. The van der Waals surface area contributed by atoms with Crippen LogP contribution in [0.3, 0.4) is 0 Å². The number of nitrogens with one attached hydrogen (secondary N) is 1. The number of rotatable bonds is 5. The smallest absolute Gasteiger partial charge is 0.222 e. The Labute approximate surface area is 151 Å². The largest absolute Gasteiger partial charge is 0.566 e. The van der Waals surface area contributed by atoms with Crippen molar-refractivity contribution >= 4 is 29.0 Å². The van der Waals surface area contributed by atoms with Gasteiger partial charge < -0.3 is 19.9 Å². The zero-order chi connectivity index (χ0) is 17.8. The maximum atomic E-state index is 12.1. The van der Waals surface area contributed by atoms with Crippen LogP contribution in [0.15, 0.2) is 22.6 Å². The number of likely N-dealkylation sites (tertiary alicyclic amines) is 1. The highest BCUT2D eigenvalue weighted by atomic mass is 32.2. The Kier molecular flexibility index (Phi) is 5.70. The quantitative estimate of drug-likeness (QED) is 0.776. The molecule has 1 aromatic carbocycles. The van der Waals surface area contributed by atoms with Crippen molar-refractivity contribution in [3.8, 4) is 5.75 Å². The van der Waals surface area contributed by atoms with Gasteiger partial charge in [-0.15, -0.1) is 0 Å². The number of nitrogens with two attached hydrogens (primary N) is 1. The third-order valence-electron chi connectivity index (χ3n) is 4.47. The maximum Gasteiger partial charge on any atom is 0.222 e. The van der Waals surface area contributed by atoms with Crippen LogP contribution < -0.4 is 15.2 Å². The van der Waals surface area contributed by atoms with Crippen molar-refractivity contribution in [2.75, 3.05) is 24.4 Å². The Hall–Kier alpha value is -1.93. The summed E-state index contributed by atoms with van der Waals surface area (Å²) in [7, 11) is 0. The molecule has 0 radical (unpaired) electrons. The lowest BCUT2D eigenvalue weighted by Gasteiger charge is -2.33. The van der Waals surface area contributed by atoms with Gasteiger partial charge in [0.05, 0.1) is 17.9 Å². The van der Waals surface area contributed by atoms with Crippen LogP contribution in [0.4, 0.5) is 5.69 Å². The number of piperidine rings is 1. The molecule has 1 saturated heterocycles. The van der Waals surface area contributed by atoms with Crippen LogP contribution >= 0.6 is 0 Å². The van der Waals surface area contributed by atoms with Gasteiger partial charge in [0.2, 0.25) is 17.5 Å². The topological polar surface area (TPSA) is 103 Å². The first-order valence-electron chi connectivity index (χ1n) is 8.65. The highest BCUT2D eigenvalue weighted by Gasteiger charge is 2.27. The van der Waals surface area contributed by atoms with Gasteiger partial charge in [-0.3, -0.25) is 4.79 Å². The summed E-state index contributed by atoms with van der Waals surface area (Å²) in [5.74, 6) is 1.37. The second kappa shape index (κ2) is 7.97. The molecule has 136 valence electrons. The van der Waals surface area contributed by atoms with Crippen molar-refractivity contribution in [2.24, 2.45) is 16.0 Å². The molecule has 1 aromatic rings. The molecule has 3 N–H and O–H groups in total. The number of benzene rings is 1. The van der Waals surface area contributed by atoms with E-state index in [2.05, 4.69) is 9.12 Å². The molecule has 0 spiro atoms. The monoisotopic (exact) mass is 364 g/mol. The first-order valence-corrected chi connectivity index (χ1v) is 9.75. The van der Waals surface area contributed by atoms with Crippen LogP contribution in [-0.4, -0.2) is 40.9 Å². The molecule has 2 heterocycles. The molecule has 1 fully saturated rings. The third-order valence-corrected chi connectivity index (χ3v) is 5.23. The zero-order valence-electron chi connectivity index (χ0n) is 14.4. The van der Waals surface area contributed by atoms with Gasteiger partial charge in [-0.25, -0.2) is 0 Å². The average molecular weight is 364 g/mol. The van der Waals surface area contributed by atoms with E-state index in [0.717, 1.165) is 32.4 Å². The molecule has 25 heavy (non-hydrogen) atoms. The van der Waals surface area contributed by atoms with Crippen molar-refractivity contribution < 1.29 is 14.1 Å². The minimum Gasteiger partial charge on any atom is -0.566 e. The molecular weight excluding hydrogens is 340 g/mol. The summed E-state index contributed by atoms with van der Waals surface area (Å²) in [6, 6.07) is 5.46. The minimum absolute atomic E-state index is 0.214. The van der Waals surface area contributed by atoms with Gasteiger partial charge in [-0.2, -0.15) is 4.72 Å². The van der Waals surface area contributed by atoms with Crippen LogP contribution in [0, 0.1) is 5.92 Å². The average Bonchev–Trinajstić information content (AvgIpc) is 2.60. The molecule has 1 amide bonds. The Bertz CT molecular complexity index is 667. The van der Waals surface area contributed by atoms with E-state index in [4.69, 9.17) is 10.5 Å². The number of ether oxygens (including phenoxy) is 1. The van der Waals surface area contributed by atoms with E-state index < -0.39 is 11.5 Å². The summed E-state index contributed by atoms with van der Waals surface area (Å²) < 4.78 is 24.2. The summed E-state index contributed by atoms with van der Waals surface area (Å²) in [4.78, 5) is 14.0. The minimum atomic E-state index is -1.55. The lowest BCUT2D eigenvalue weighted by molar-refractivity contribution is -0.133. The molecule has 2 aliphatic rings. The van der Waals surface area contributed by atoms with E-state index in [-0.39, 0.29) is 11.7 Å². The number of nitrogens with zero attached hydrogens (tertiary/aromatic N) is 2. The SMILES string of the molecule is CCCC(=O)N1CCCC(COc2cccc3c2C(N)=N[S+]([O-])N3)C1. The molecule has 7 nitrogen and oxygen atoms in total. The van der Waals surface area contributed by atoms with E-state index in [9.17, 15) is 9.35 Å². The van der Waals surface area contributed by atoms with E-state index in [1.54, 1.807) is 6.07 Å². The second-order valence-corrected chi connectivity index (χ2v) is 7.30. The predicted octanol–water partition coefficient (Wildman–Crippen LogP) is 1.81. The first kappa shape index (κ1) is 17.9. The number of carbonyl (C=O) groups excluding carboxylic acids is 1. The number of amides is 1. The van der Waals surface area contributed by atoms with E-state index in [1.165, 1.54) is 0 Å². The Morgan fingerprint density at radius 2 is 2.40 bits per heavy atom. The summed E-state index contributed by atoms with van der Waals surface area (Å²) in [5.41, 5.74) is 7.23. The fourth-order valence-corrected chi connectivity index (χ4v) is 3.93. The maximum absolute atomic E-state index is 12.1. The van der Waals surface area contributed by atoms with Crippen molar-refractivity contribution in [3.63, 3.8) is 0 Å². The molecule has 0 aliphatic carbocycles. The van der Waals surface area contributed by atoms with Gasteiger partial charge in [0, 0.05) is 25.4 Å². The Morgan fingerprint density at radius 3 is 3.20 bits per heavy atom. The van der Waals surface area contributed by atoms with Crippen LogP contribution in [0.1, 0.15) is 38.2 Å². The van der Waals surface area contributed by atoms with E-state index >= 15 is 0 Å². The molecule has 2 aliphatic heterocycles.